The highest BCUT2D eigenvalue weighted by molar-refractivity contribution is 5.71. The predicted octanol–water partition coefficient (Wildman–Crippen LogP) is 18.4. The summed E-state index contributed by atoms with van der Waals surface area (Å²) in [5.41, 5.74) is 0. The lowest BCUT2D eigenvalue weighted by atomic mass is 10.0. The number of hydrogen-bond acceptors (Lipinski definition) is 6. The summed E-state index contributed by atoms with van der Waals surface area (Å²) in [5, 5.41) is 0. The molecule has 0 aromatic carbocycles. The molecular weight excluding hydrogens is 769 g/mol. The molecule has 6 nitrogen and oxygen atoms in total. The van der Waals surface area contributed by atoms with Gasteiger partial charge in [0.2, 0.25) is 0 Å². The van der Waals surface area contributed by atoms with E-state index in [-0.39, 0.29) is 31.1 Å². The largest absolute Gasteiger partial charge is 0.462 e. The Bertz CT molecular complexity index is 920. The molecule has 0 unspecified atom stereocenters. The fraction of sp³-hybridized carbons (Fsp3) is 0.946. The molecule has 0 rings (SSSR count). The Labute approximate surface area is 387 Å². The van der Waals surface area contributed by atoms with Gasteiger partial charge in [0.25, 0.3) is 0 Å². The number of esters is 3. The second-order valence-electron chi connectivity index (χ2n) is 19.2. The summed E-state index contributed by atoms with van der Waals surface area (Å²) in [6.45, 7) is 6.66. The van der Waals surface area contributed by atoms with Gasteiger partial charge in [-0.05, 0) is 19.3 Å². The molecule has 62 heavy (non-hydrogen) atoms. The second-order valence-corrected chi connectivity index (χ2v) is 19.2. The minimum absolute atomic E-state index is 0.0620. The fourth-order valence-corrected chi connectivity index (χ4v) is 8.62. The van der Waals surface area contributed by atoms with Crippen LogP contribution >= 0.6 is 0 Å². The molecular formula is C56H108O6. The topological polar surface area (TPSA) is 78.9 Å². The molecule has 0 aliphatic rings. The SMILES string of the molecule is CCCCCCCCCCCCCCCCCCCCCC(=O)O[C@@H](COC(=O)CCCCCCCCC)COC(=O)CCCCCCCCCCCCCCCCCCCC. The van der Waals surface area contributed by atoms with Crippen molar-refractivity contribution in [2.45, 2.75) is 329 Å². The van der Waals surface area contributed by atoms with Crippen molar-refractivity contribution in [3.63, 3.8) is 0 Å². The van der Waals surface area contributed by atoms with Crippen molar-refractivity contribution in [3.05, 3.63) is 0 Å². The van der Waals surface area contributed by atoms with E-state index in [1.54, 1.807) is 0 Å². The molecule has 0 radical (unpaired) electrons. The molecule has 0 amide bonds. The van der Waals surface area contributed by atoms with Crippen molar-refractivity contribution < 1.29 is 28.6 Å². The van der Waals surface area contributed by atoms with Crippen LogP contribution in [-0.2, 0) is 28.6 Å². The zero-order valence-electron chi connectivity index (χ0n) is 42.2. The van der Waals surface area contributed by atoms with Crippen LogP contribution in [0.4, 0.5) is 0 Å². The number of rotatable bonds is 52. The number of carbonyl (C=O) groups is 3. The Morgan fingerprint density at radius 3 is 0.645 bits per heavy atom. The van der Waals surface area contributed by atoms with E-state index in [1.165, 1.54) is 225 Å². The van der Waals surface area contributed by atoms with Crippen molar-refractivity contribution in [1.29, 1.82) is 0 Å². The fourth-order valence-electron chi connectivity index (χ4n) is 8.62. The first-order chi connectivity index (χ1) is 30.5. The summed E-state index contributed by atoms with van der Waals surface area (Å²) in [5.74, 6) is -0.844. The van der Waals surface area contributed by atoms with Crippen LogP contribution in [0.5, 0.6) is 0 Å². The standard InChI is InChI=1S/C56H108O6/c1-4-7-10-13-16-18-20-22-24-26-28-30-32-34-36-38-41-44-47-50-56(59)62-53(51-60-54(57)48-45-42-39-15-12-9-6-3)52-61-55(58)49-46-43-40-37-35-33-31-29-27-25-23-21-19-17-14-11-8-5-2/h53H,4-52H2,1-3H3/t53-/m0/s1. The zero-order chi connectivity index (χ0) is 45.1. The molecule has 0 spiro atoms. The summed E-state index contributed by atoms with van der Waals surface area (Å²) >= 11 is 0. The molecule has 0 fully saturated rings. The van der Waals surface area contributed by atoms with Gasteiger partial charge in [0.15, 0.2) is 6.10 Å². The maximum Gasteiger partial charge on any atom is 0.306 e. The van der Waals surface area contributed by atoms with E-state index in [4.69, 9.17) is 14.2 Å². The van der Waals surface area contributed by atoms with E-state index < -0.39 is 6.10 Å². The molecule has 0 saturated heterocycles. The minimum atomic E-state index is -0.759. The summed E-state index contributed by atoms with van der Waals surface area (Å²) in [6, 6.07) is 0. The molecule has 0 saturated carbocycles. The molecule has 1 atom stereocenters. The average Bonchev–Trinajstić information content (AvgIpc) is 3.27. The van der Waals surface area contributed by atoms with E-state index in [0.29, 0.717) is 19.3 Å². The van der Waals surface area contributed by atoms with Gasteiger partial charge in [-0.2, -0.15) is 0 Å². The Hall–Kier alpha value is -1.59. The van der Waals surface area contributed by atoms with Gasteiger partial charge in [-0.25, -0.2) is 0 Å². The van der Waals surface area contributed by atoms with E-state index in [1.807, 2.05) is 0 Å². The van der Waals surface area contributed by atoms with Gasteiger partial charge in [0, 0.05) is 19.3 Å². The third-order valence-corrected chi connectivity index (χ3v) is 12.9. The summed E-state index contributed by atoms with van der Waals surface area (Å²) in [6.07, 6.45) is 56.8. The van der Waals surface area contributed by atoms with Crippen LogP contribution in [0.1, 0.15) is 323 Å². The third-order valence-electron chi connectivity index (χ3n) is 12.9. The van der Waals surface area contributed by atoms with Crippen molar-refractivity contribution in [2.75, 3.05) is 13.2 Å². The van der Waals surface area contributed by atoms with Crippen LogP contribution in [-0.4, -0.2) is 37.2 Å². The van der Waals surface area contributed by atoms with Crippen LogP contribution in [0.15, 0.2) is 0 Å². The molecule has 0 aromatic heterocycles. The van der Waals surface area contributed by atoms with Gasteiger partial charge in [0.1, 0.15) is 13.2 Å². The van der Waals surface area contributed by atoms with Crippen LogP contribution in [0, 0.1) is 0 Å². The smallest absolute Gasteiger partial charge is 0.306 e. The molecule has 0 aliphatic heterocycles. The van der Waals surface area contributed by atoms with Crippen molar-refractivity contribution >= 4 is 17.9 Å². The Morgan fingerprint density at radius 1 is 0.258 bits per heavy atom. The highest BCUT2D eigenvalue weighted by Crippen LogP contribution is 2.17. The van der Waals surface area contributed by atoms with Gasteiger partial charge >= 0.3 is 17.9 Å². The average molecular weight is 877 g/mol. The second kappa shape index (κ2) is 52.0. The van der Waals surface area contributed by atoms with Gasteiger partial charge in [-0.15, -0.1) is 0 Å². The van der Waals surface area contributed by atoms with Crippen LogP contribution < -0.4 is 0 Å². The Balaban J connectivity index is 4.14. The maximum absolute atomic E-state index is 12.8. The Kier molecular flexibility index (Phi) is 50.7. The van der Waals surface area contributed by atoms with Gasteiger partial charge in [-0.1, -0.05) is 284 Å². The highest BCUT2D eigenvalue weighted by atomic mass is 16.6. The molecule has 0 aromatic rings. The zero-order valence-corrected chi connectivity index (χ0v) is 42.2. The molecule has 368 valence electrons. The molecule has 0 bridgehead atoms. The first-order valence-electron chi connectivity index (χ1n) is 28.0. The lowest BCUT2D eigenvalue weighted by molar-refractivity contribution is -0.167. The van der Waals surface area contributed by atoms with E-state index >= 15 is 0 Å². The maximum atomic E-state index is 12.8. The van der Waals surface area contributed by atoms with Gasteiger partial charge < -0.3 is 14.2 Å². The van der Waals surface area contributed by atoms with Crippen molar-refractivity contribution in [1.82, 2.24) is 0 Å². The van der Waals surface area contributed by atoms with E-state index in [2.05, 4.69) is 20.8 Å². The van der Waals surface area contributed by atoms with Crippen LogP contribution in [0.25, 0.3) is 0 Å². The monoisotopic (exact) mass is 877 g/mol. The lowest BCUT2D eigenvalue weighted by Crippen LogP contribution is -2.30. The predicted molar refractivity (Wildman–Crippen MR) is 266 cm³/mol. The highest BCUT2D eigenvalue weighted by Gasteiger charge is 2.19. The molecule has 0 heterocycles. The van der Waals surface area contributed by atoms with Gasteiger partial charge in [0.05, 0.1) is 0 Å². The normalized spacial score (nSPS) is 11.9. The first-order valence-corrected chi connectivity index (χ1v) is 28.0. The lowest BCUT2D eigenvalue weighted by Gasteiger charge is -2.18. The summed E-state index contributed by atoms with van der Waals surface area (Å²) < 4.78 is 16.8. The van der Waals surface area contributed by atoms with Gasteiger partial charge in [-0.3, -0.25) is 14.4 Å². The van der Waals surface area contributed by atoms with Crippen LogP contribution in [0.3, 0.4) is 0 Å². The summed E-state index contributed by atoms with van der Waals surface area (Å²) in [4.78, 5) is 37.9. The summed E-state index contributed by atoms with van der Waals surface area (Å²) in [7, 11) is 0. The molecule has 0 aliphatic carbocycles. The first kappa shape index (κ1) is 60.4. The molecule has 6 heteroatoms. The van der Waals surface area contributed by atoms with E-state index in [0.717, 1.165) is 57.8 Å². The number of ether oxygens (including phenoxy) is 3. The number of hydrogen-bond donors (Lipinski definition) is 0. The Morgan fingerprint density at radius 2 is 0.435 bits per heavy atom. The van der Waals surface area contributed by atoms with Crippen molar-refractivity contribution in [3.8, 4) is 0 Å². The number of carbonyl (C=O) groups excluding carboxylic acids is 3. The minimum Gasteiger partial charge on any atom is -0.462 e. The molecule has 0 N–H and O–H groups in total. The quantitative estimate of drug-likeness (QED) is 0.0344. The van der Waals surface area contributed by atoms with E-state index in [9.17, 15) is 14.4 Å². The number of unbranched alkanes of at least 4 members (excludes halogenated alkanes) is 41. The van der Waals surface area contributed by atoms with Crippen molar-refractivity contribution in [2.24, 2.45) is 0 Å². The van der Waals surface area contributed by atoms with Crippen LogP contribution in [0.2, 0.25) is 0 Å². The third kappa shape index (κ3) is 49.4.